The molecule has 174 valence electrons. The van der Waals surface area contributed by atoms with Crippen molar-refractivity contribution in [2.45, 2.75) is 10.4 Å². The molecule has 0 saturated heterocycles. The highest BCUT2D eigenvalue weighted by atomic mass is 35.5. The summed E-state index contributed by atoms with van der Waals surface area (Å²) in [6.45, 7) is 0. The summed E-state index contributed by atoms with van der Waals surface area (Å²) in [5, 5.41) is 9.11. The van der Waals surface area contributed by atoms with Crippen molar-refractivity contribution in [3.05, 3.63) is 58.4 Å². The van der Waals surface area contributed by atoms with E-state index in [2.05, 4.69) is 9.46 Å². The van der Waals surface area contributed by atoms with Gasteiger partial charge >= 0.3 is 18.1 Å². The van der Waals surface area contributed by atoms with Crippen LogP contribution in [0.3, 0.4) is 0 Å². The number of halogens is 4. The van der Waals surface area contributed by atoms with Crippen LogP contribution >= 0.6 is 22.9 Å². The molecule has 0 unspecified atom stereocenters. The zero-order chi connectivity index (χ0) is 24.6. The number of rotatable bonds is 6. The summed E-state index contributed by atoms with van der Waals surface area (Å²) in [6.07, 6.45) is -5.39. The van der Waals surface area contributed by atoms with Crippen molar-refractivity contribution >= 4 is 56.3 Å². The van der Waals surface area contributed by atoms with E-state index in [1.165, 1.54) is 6.07 Å². The summed E-state index contributed by atoms with van der Waals surface area (Å²) >= 11 is 6.90. The van der Waals surface area contributed by atoms with Crippen LogP contribution in [-0.4, -0.2) is 31.6 Å². The lowest BCUT2D eigenvalue weighted by atomic mass is 10.1. The third-order valence-corrected chi connectivity index (χ3v) is 7.26. The molecular weight excluding hydrogens is 509 g/mol. The Kier molecular flexibility index (Phi) is 6.58. The van der Waals surface area contributed by atoms with Gasteiger partial charge in [0.15, 0.2) is 0 Å². The van der Waals surface area contributed by atoms with Crippen LogP contribution < -0.4 is 15.2 Å². The second-order valence-corrected chi connectivity index (χ2v) is 9.95. The quantitative estimate of drug-likeness (QED) is 0.245. The summed E-state index contributed by atoms with van der Waals surface area (Å²) in [4.78, 5) is 22.4. The summed E-state index contributed by atoms with van der Waals surface area (Å²) in [5.74, 6) is -5.34. The van der Waals surface area contributed by atoms with E-state index in [4.69, 9.17) is 22.4 Å². The van der Waals surface area contributed by atoms with E-state index in [9.17, 15) is 31.2 Å². The number of nitrogens with two attached hydrogens (primary N) is 1. The first-order valence-electron chi connectivity index (χ1n) is 8.62. The van der Waals surface area contributed by atoms with E-state index in [0.29, 0.717) is 22.9 Å². The van der Waals surface area contributed by atoms with Crippen molar-refractivity contribution in [3.63, 3.8) is 0 Å². The Labute approximate surface area is 193 Å². The molecule has 1 aromatic heterocycles. The molecule has 0 fully saturated rings. The van der Waals surface area contributed by atoms with E-state index >= 15 is 0 Å². The average Bonchev–Trinajstić information content (AvgIpc) is 3.10. The van der Waals surface area contributed by atoms with Gasteiger partial charge in [-0.05, 0) is 35.9 Å². The number of nitrogens with one attached hydrogen (secondary N) is 1. The van der Waals surface area contributed by atoms with Gasteiger partial charge < -0.3 is 15.6 Å². The fourth-order valence-electron chi connectivity index (χ4n) is 2.55. The molecule has 0 aliphatic heterocycles. The van der Waals surface area contributed by atoms with Crippen molar-refractivity contribution in [3.8, 4) is 16.9 Å². The number of carboxylic acids is 1. The third-order valence-electron chi connectivity index (χ3n) is 4.05. The number of ether oxygens (including phenoxy) is 1. The molecule has 14 heteroatoms. The van der Waals surface area contributed by atoms with Gasteiger partial charge in [-0.1, -0.05) is 23.7 Å². The number of anilines is 2. The standard InChI is InChI=1S/C19H12ClF3N2O6S2/c20-16-13(9-1-3-10(24)4-2-9)8-15(32-16)33(29,30)25-11-5-6-12(17(26)27)14(7-11)31-18(28)19(21,22)23/h1-8,25H,24H2,(H,26,27). The Morgan fingerprint density at radius 3 is 2.30 bits per heavy atom. The third kappa shape index (κ3) is 5.56. The topological polar surface area (TPSA) is 136 Å². The monoisotopic (exact) mass is 520 g/mol. The molecule has 0 spiro atoms. The fraction of sp³-hybridized carbons (Fsp3) is 0.0526. The SMILES string of the molecule is Nc1ccc(-c2cc(S(=O)(=O)Nc3ccc(C(=O)O)c(OC(=O)C(F)(F)F)c3)sc2Cl)cc1. The van der Waals surface area contributed by atoms with Crippen LogP contribution in [0.25, 0.3) is 11.1 Å². The lowest BCUT2D eigenvalue weighted by molar-refractivity contribution is -0.189. The fourth-order valence-corrected chi connectivity index (χ4v) is 5.36. The number of hydrogen-bond acceptors (Lipinski definition) is 7. The molecular formula is C19H12ClF3N2O6S2. The van der Waals surface area contributed by atoms with Gasteiger partial charge in [-0.3, -0.25) is 4.72 Å². The lowest BCUT2D eigenvalue weighted by Crippen LogP contribution is -2.28. The minimum atomic E-state index is -5.39. The number of benzene rings is 2. The number of thiophene rings is 1. The zero-order valence-electron chi connectivity index (χ0n) is 16.0. The highest BCUT2D eigenvalue weighted by Gasteiger charge is 2.42. The van der Waals surface area contributed by atoms with Crippen molar-refractivity contribution < 1.29 is 41.0 Å². The van der Waals surface area contributed by atoms with E-state index in [0.717, 1.165) is 23.5 Å². The maximum atomic E-state index is 12.8. The van der Waals surface area contributed by atoms with Gasteiger partial charge in [-0.15, -0.1) is 11.3 Å². The van der Waals surface area contributed by atoms with Crippen molar-refractivity contribution in [2.75, 3.05) is 10.5 Å². The van der Waals surface area contributed by atoms with Crippen molar-refractivity contribution in [1.82, 2.24) is 0 Å². The molecule has 8 nitrogen and oxygen atoms in total. The Balaban J connectivity index is 1.93. The minimum absolute atomic E-state index is 0.154. The number of carbonyl (C=O) groups excluding carboxylic acids is 1. The van der Waals surface area contributed by atoms with Gasteiger partial charge in [0.05, 0.1) is 5.69 Å². The highest BCUT2D eigenvalue weighted by Crippen LogP contribution is 2.39. The van der Waals surface area contributed by atoms with E-state index in [1.807, 2.05) is 0 Å². The van der Waals surface area contributed by atoms with Gasteiger partial charge in [0.25, 0.3) is 10.0 Å². The molecule has 3 aromatic rings. The normalized spacial score (nSPS) is 11.8. The second-order valence-electron chi connectivity index (χ2n) is 6.38. The Hall–Kier alpha value is -3.29. The number of hydrogen-bond donors (Lipinski definition) is 3. The second kappa shape index (κ2) is 8.92. The van der Waals surface area contributed by atoms with Gasteiger partial charge in [0, 0.05) is 17.3 Å². The van der Waals surface area contributed by atoms with Crippen LogP contribution in [0, 0.1) is 0 Å². The smallest absolute Gasteiger partial charge is 0.478 e. The number of alkyl halides is 3. The number of aromatic carboxylic acids is 1. The molecule has 0 atom stereocenters. The number of sulfonamides is 1. The molecule has 1 heterocycles. The zero-order valence-corrected chi connectivity index (χ0v) is 18.4. The number of carbonyl (C=O) groups is 2. The first kappa shape index (κ1) is 24.4. The Morgan fingerprint density at radius 2 is 1.73 bits per heavy atom. The van der Waals surface area contributed by atoms with Crippen LogP contribution in [0.5, 0.6) is 5.75 Å². The first-order valence-corrected chi connectivity index (χ1v) is 11.3. The summed E-state index contributed by atoms with van der Waals surface area (Å²) in [6, 6.07) is 10.2. The summed E-state index contributed by atoms with van der Waals surface area (Å²) < 4.78 is 69.2. The van der Waals surface area contributed by atoms with Crippen LogP contribution in [0.4, 0.5) is 24.5 Å². The molecule has 0 saturated carbocycles. The first-order chi connectivity index (χ1) is 15.3. The minimum Gasteiger partial charge on any atom is -0.478 e. The molecule has 0 amide bonds. The van der Waals surface area contributed by atoms with Crippen LogP contribution in [0.15, 0.2) is 52.7 Å². The molecule has 4 N–H and O–H groups in total. The predicted molar refractivity (Wildman–Crippen MR) is 115 cm³/mol. The number of carboxylic acid groups (broad SMARTS) is 1. The molecule has 2 aromatic carbocycles. The number of nitrogen functional groups attached to an aromatic ring is 1. The molecule has 3 rings (SSSR count). The van der Waals surface area contributed by atoms with Gasteiger partial charge in [-0.25, -0.2) is 18.0 Å². The Morgan fingerprint density at radius 1 is 1.09 bits per heavy atom. The highest BCUT2D eigenvalue weighted by molar-refractivity contribution is 7.94. The van der Waals surface area contributed by atoms with Crippen LogP contribution in [-0.2, 0) is 14.8 Å². The Bertz CT molecular complexity index is 1340. The van der Waals surface area contributed by atoms with Gasteiger partial charge in [0.1, 0.15) is 19.9 Å². The van der Waals surface area contributed by atoms with Crippen LogP contribution in [0.2, 0.25) is 4.34 Å². The maximum absolute atomic E-state index is 12.8. The summed E-state index contributed by atoms with van der Waals surface area (Å²) in [7, 11) is -4.29. The van der Waals surface area contributed by atoms with E-state index < -0.39 is 39.5 Å². The van der Waals surface area contributed by atoms with E-state index in [-0.39, 0.29) is 14.2 Å². The van der Waals surface area contributed by atoms with Crippen molar-refractivity contribution in [2.24, 2.45) is 0 Å². The molecule has 0 aliphatic carbocycles. The lowest BCUT2D eigenvalue weighted by Gasteiger charge is -2.12. The largest absolute Gasteiger partial charge is 0.491 e. The predicted octanol–water partition coefficient (Wildman–Crippen LogP) is 4.62. The number of esters is 1. The van der Waals surface area contributed by atoms with Crippen LogP contribution in [0.1, 0.15) is 10.4 Å². The van der Waals surface area contributed by atoms with Gasteiger partial charge in [0.2, 0.25) is 0 Å². The molecule has 0 bridgehead atoms. The molecule has 33 heavy (non-hydrogen) atoms. The van der Waals surface area contributed by atoms with Crippen molar-refractivity contribution in [1.29, 1.82) is 0 Å². The average molecular weight is 521 g/mol. The van der Waals surface area contributed by atoms with E-state index in [1.54, 1.807) is 24.3 Å². The molecule has 0 radical (unpaired) electrons. The van der Waals surface area contributed by atoms with Gasteiger partial charge in [-0.2, -0.15) is 13.2 Å². The summed E-state index contributed by atoms with van der Waals surface area (Å²) in [5.41, 5.74) is 6.00. The maximum Gasteiger partial charge on any atom is 0.491 e. The molecule has 0 aliphatic rings.